The predicted octanol–water partition coefficient (Wildman–Crippen LogP) is 2.83. The molecule has 0 saturated carbocycles. The lowest BCUT2D eigenvalue weighted by atomic mass is 10.1. The van der Waals surface area contributed by atoms with Gasteiger partial charge in [0.05, 0.1) is 6.61 Å². The van der Waals surface area contributed by atoms with Crippen LogP contribution in [0.5, 0.6) is 0 Å². The van der Waals surface area contributed by atoms with E-state index < -0.39 is 5.79 Å². The highest BCUT2D eigenvalue weighted by Crippen LogP contribution is 2.23. The van der Waals surface area contributed by atoms with Crippen LogP contribution in [-0.2, 0) is 10.5 Å². The first-order valence-electron chi connectivity index (χ1n) is 5.28. The van der Waals surface area contributed by atoms with E-state index in [0.717, 1.165) is 18.4 Å². The van der Waals surface area contributed by atoms with Crippen molar-refractivity contribution < 1.29 is 9.84 Å². The van der Waals surface area contributed by atoms with Gasteiger partial charge in [-0.3, -0.25) is 0 Å². The maximum Gasteiger partial charge on any atom is 0.212 e. The molecule has 0 spiro atoms. The van der Waals surface area contributed by atoms with Gasteiger partial charge in [0, 0.05) is 5.56 Å². The van der Waals surface area contributed by atoms with Crippen molar-refractivity contribution in [2.24, 2.45) is 0 Å². The van der Waals surface area contributed by atoms with E-state index in [2.05, 4.69) is 13.5 Å². The molecule has 0 aromatic heterocycles. The quantitative estimate of drug-likeness (QED) is 0.440. The second kappa shape index (κ2) is 5.69. The first-order valence-corrected chi connectivity index (χ1v) is 5.28. The van der Waals surface area contributed by atoms with Crippen molar-refractivity contribution in [3.8, 4) is 0 Å². The van der Waals surface area contributed by atoms with Gasteiger partial charge in [-0.15, -0.1) is 0 Å². The zero-order chi connectivity index (χ0) is 11.1. The molecule has 1 unspecified atom stereocenters. The van der Waals surface area contributed by atoms with Crippen molar-refractivity contribution in [3.63, 3.8) is 0 Å². The molecule has 2 nitrogen and oxygen atoms in total. The number of aliphatic hydroxyl groups is 1. The summed E-state index contributed by atoms with van der Waals surface area (Å²) in [6, 6.07) is 9.29. The van der Waals surface area contributed by atoms with Crippen LogP contribution in [0, 0.1) is 0 Å². The third-order valence-electron chi connectivity index (χ3n) is 2.28. The fourth-order valence-electron chi connectivity index (χ4n) is 1.31. The molecule has 82 valence electrons. The van der Waals surface area contributed by atoms with E-state index in [1.165, 1.54) is 6.08 Å². The summed E-state index contributed by atoms with van der Waals surface area (Å²) in [5, 5.41) is 10.2. The average molecular weight is 206 g/mol. The molecular formula is C13H18O2. The number of benzene rings is 1. The predicted molar refractivity (Wildman–Crippen MR) is 61.4 cm³/mol. The Morgan fingerprint density at radius 2 is 2.07 bits per heavy atom. The number of rotatable bonds is 6. The molecule has 2 heteroatoms. The lowest BCUT2D eigenvalue weighted by Gasteiger charge is -2.25. The number of hydrogen-bond acceptors (Lipinski definition) is 2. The zero-order valence-corrected chi connectivity index (χ0v) is 9.15. The third-order valence-corrected chi connectivity index (χ3v) is 2.28. The highest BCUT2D eigenvalue weighted by Gasteiger charge is 2.25. The minimum absolute atomic E-state index is 0.536. The van der Waals surface area contributed by atoms with Crippen LogP contribution in [0.2, 0.25) is 0 Å². The second-order valence-corrected chi connectivity index (χ2v) is 3.47. The molecule has 1 aromatic rings. The molecule has 15 heavy (non-hydrogen) atoms. The fourth-order valence-corrected chi connectivity index (χ4v) is 1.31. The normalized spacial score (nSPS) is 14.5. The summed E-state index contributed by atoms with van der Waals surface area (Å²) in [6.07, 6.45) is 3.41. The van der Waals surface area contributed by atoms with Gasteiger partial charge in [0.25, 0.3) is 0 Å². The van der Waals surface area contributed by atoms with Crippen molar-refractivity contribution in [1.82, 2.24) is 0 Å². The average Bonchev–Trinajstić information content (AvgIpc) is 2.30. The van der Waals surface area contributed by atoms with E-state index in [4.69, 9.17) is 4.74 Å². The van der Waals surface area contributed by atoms with Crippen molar-refractivity contribution in [2.75, 3.05) is 6.61 Å². The minimum Gasteiger partial charge on any atom is -0.359 e. The topological polar surface area (TPSA) is 29.5 Å². The van der Waals surface area contributed by atoms with Crippen molar-refractivity contribution in [1.29, 1.82) is 0 Å². The molecule has 0 fully saturated rings. The lowest BCUT2D eigenvalue weighted by molar-refractivity contribution is -0.175. The van der Waals surface area contributed by atoms with E-state index in [9.17, 15) is 5.11 Å². The smallest absolute Gasteiger partial charge is 0.212 e. The van der Waals surface area contributed by atoms with Crippen LogP contribution >= 0.6 is 0 Å². The van der Waals surface area contributed by atoms with Crippen LogP contribution in [0.15, 0.2) is 43.0 Å². The van der Waals surface area contributed by atoms with Crippen LogP contribution in [0.4, 0.5) is 0 Å². The van der Waals surface area contributed by atoms with Crippen molar-refractivity contribution in [2.45, 2.75) is 25.6 Å². The first kappa shape index (κ1) is 12.0. The van der Waals surface area contributed by atoms with E-state index >= 15 is 0 Å². The van der Waals surface area contributed by atoms with Crippen LogP contribution in [-0.4, -0.2) is 11.7 Å². The van der Waals surface area contributed by atoms with Crippen LogP contribution in [0.3, 0.4) is 0 Å². The van der Waals surface area contributed by atoms with Gasteiger partial charge in [-0.25, -0.2) is 0 Å². The highest BCUT2D eigenvalue weighted by atomic mass is 16.6. The number of ether oxygens (including phenoxy) is 1. The Labute approximate surface area is 91.2 Å². The largest absolute Gasteiger partial charge is 0.359 e. The molecule has 0 saturated heterocycles. The van der Waals surface area contributed by atoms with Crippen LogP contribution < -0.4 is 0 Å². The van der Waals surface area contributed by atoms with Crippen LogP contribution in [0.25, 0.3) is 0 Å². The van der Waals surface area contributed by atoms with Crippen molar-refractivity contribution in [3.05, 3.63) is 48.6 Å². The Morgan fingerprint density at radius 3 is 2.60 bits per heavy atom. The van der Waals surface area contributed by atoms with Gasteiger partial charge >= 0.3 is 0 Å². The van der Waals surface area contributed by atoms with Gasteiger partial charge in [0.2, 0.25) is 5.79 Å². The summed E-state index contributed by atoms with van der Waals surface area (Å²) in [5.41, 5.74) is 0.719. The zero-order valence-electron chi connectivity index (χ0n) is 9.15. The molecule has 1 N–H and O–H groups in total. The molecule has 0 aliphatic heterocycles. The molecule has 0 bridgehead atoms. The molecular weight excluding hydrogens is 188 g/mol. The Bertz CT molecular complexity index is 295. The van der Waals surface area contributed by atoms with Crippen molar-refractivity contribution >= 4 is 0 Å². The van der Waals surface area contributed by atoms with Gasteiger partial charge in [0.1, 0.15) is 0 Å². The molecule has 0 amide bonds. The molecule has 1 aromatic carbocycles. The van der Waals surface area contributed by atoms with Gasteiger partial charge in [-0.05, 0) is 12.5 Å². The summed E-state index contributed by atoms with van der Waals surface area (Å²) >= 11 is 0. The van der Waals surface area contributed by atoms with E-state index in [0.29, 0.717) is 6.61 Å². The van der Waals surface area contributed by atoms with Gasteiger partial charge in [-0.1, -0.05) is 50.3 Å². The van der Waals surface area contributed by atoms with Crippen LogP contribution in [0.1, 0.15) is 25.3 Å². The van der Waals surface area contributed by atoms with E-state index in [1.807, 2.05) is 30.3 Å². The Morgan fingerprint density at radius 1 is 1.40 bits per heavy atom. The molecule has 0 radical (unpaired) electrons. The summed E-state index contributed by atoms with van der Waals surface area (Å²) in [6.45, 7) is 6.23. The maximum atomic E-state index is 10.2. The highest BCUT2D eigenvalue weighted by molar-refractivity contribution is 5.23. The third kappa shape index (κ3) is 3.18. The molecule has 1 atom stereocenters. The van der Waals surface area contributed by atoms with Gasteiger partial charge in [0.15, 0.2) is 0 Å². The monoisotopic (exact) mass is 206 g/mol. The molecule has 0 heterocycles. The standard InChI is InChI=1S/C13H18O2/c1-3-5-11-15-13(14,4-2)12-9-7-6-8-10-12/h4,6-10,14H,2-3,5,11H2,1H3. The fraction of sp³-hybridized carbons (Fsp3) is 0.385. The van der Waals surface area contributed by atoms with Gasteiger partial charge in [-0.2, -0.15) is 0 Å². The van der Waals surface area contributed by atoms with E-state index in [-0.39, 0.29) is 0 Å². The van der Waals surface area contributed by atoms with Gasteiger partial charge < -0.3 is 9.84 Å². The Kier molecular flexibility index (Phi) is 4.53. The lowest BCUT2D eigenvalue weighted by Crippen LogP contribution is -2.27. The molecule has 0 aliphatic carbocycles. The second-order valence-electron chi connectivity index (χ2n) is 3.47. The number of hydrogen-bond donors (Lipinski definition) is 1. The first-order chi connectivity index (χ1) is 7.23. The summed E-state index contributed by atoms with van der Waals surface area (Å²) in [4.78, 5) is 0. The molecule has 0 aliphatic rings. The minimum atomic E-state index is -1.35. The Hall–Kier alpha value is -1.12. The summed E-state index contributed by atoms with van der Waals surface area (Å²) in [5.74, 6) is -1.35. The van der Waals surface area contributed by atoms with E-state index in [1.54, 1.807) is 0 Å². The number of unbranched alkanes of at least 4 members (excludes halogenated alkanes) is 1. The Balaban J connectivity index is 2.72. The summed E-state index contributed by atoms with van der Waals surface area (Å²) in [7, 11) is 0. The molecule has 1 rings (SSSR count). The summed E-state index contributed by atoms with van der Waals surface area (Å²) < 4.78 is 5.44. The maximum absolute atomic E-state index is 10.2. The SMILES string of the molecule is C=CC(O)(OCCCC)c1ccccc1.